The molecule has 4 heteroatoms. The summed E-state index contributed by atoms with van der Waals surface area (Å²) in [6.07, 6.45) is 3.61. The summed E-state index contributed by atoms with van der Waals surface area (Å²) in [5.41, 5.74) is 6.47. The number of rotatable bonds is 4. The maximum absolute atomic E-state index is 5.92. The molecule has 1 aromatic carbocycles. The first-order valence-corrected chi connectivity index (χ1v) is 5.98. The van der Waals surface area contributed by atoms with Gasteiger partial charge in [0, 0.05) is 6.61 Å². The van der Waals surface area contributed by atoms with Crippen LogP contribution in [0.3, 0.4) is 0 Å². The maximum Gasteiger partial charge on any atom is 0.146 e. The van der Waals surface area contributed by atoms with E-state index >= 15 is 0 Å². The van der Waals surface area contributed by atoms with Crippen LogP contribution in [0.4, 0.5) is 5.69 Å². The third-order valence-corrected chi connectivity index (χ3v) is 2.94. The number of benzene rings is 1. The van der Waals surface area contributed by atoms with Crippen LogP contribution in [0, 0.1) is 0 Å². The Morgan fingerprint density at radius 3 is 2.88 bits per heavy atom. The van der Waals surface area contributed by atoms with E-state index in [0.717, 1.165) is 19.4 Å². The van der Waals surface area contributed by atoms with Gasteiger partial charge in [-0.1, -0.05) is 6.07 Å². The highest BCUT2D eigenvalue weighted by Gasteiger charge is 2.15. The maximum atomic E-state index is 5.92. The average molecular weight is 237 g/mol. The van der Waals surface area contributed by atoms with Crippen LogP contribution in [-0.4, -0.2) is 26.4 Å². The summed E-state index contributed by atoms with van der Waals surface area (Å²) in [7, 11) is 1.60. The molecule has 1 atom stereocenters. The lowest BCUT2D eigenvalue weighted by Gasteiger charge is -2.23. The molecule has 1 aliphatic heterocycles. The Kier molecular flexibility index (Phi) is 4.09. The van der Waals surface area contributed by atoms with Crippen molar-refractivity contribution in [2.75, 3.05) is 26.1 Å². The fourth-order valence-electron chi connectivity index (χ4n) is 1.95. The highest BCUT2D eigenvalue weighted by atomic mass is 16.5. The molecule has 0 bridgehead atoms. The monoisotopic (exact) mass is 237 g/mol. The number of methoxy groups -OCH3 is 1. The van der Waals surface area contributed by atoms with Crippen molar-refractivity contribution in [2.24, 2.45) is 0 Å². The Labute approximate surface area is 102 Å². The molecule has 2 rings (SSSR count). The van der Waals surface area contributed by atoms with Crippen molar-refractivity contribution in [2.45, 2.75) is 25.4 Å². The minimum Gasteiger partial charge on any atom is -0.494 e. The highest BCUT2D eigenvalue weighted by molar-refractivity contribution is 5.62. The smallest absolute Gasteiger partial charge is 0.146 e. The fourth-order valence-corrected chi connectivity index (χ4v) is 1.95. The average Bonchev–Trinajstić information content (AvgIpc) is 2.39. The van der Waals surface area contributed by atoms with Gasteiger partial charge < -0.3 is 19.9 Å². The normalized spacial score (nSPS) is 19.9. The van der Waals surface area contributed by atoms with Gasteiger partial charge in [0.1, 0.15) is 23.8 Å². The number of ether oxygens (including phenoxy) is 3. The molecule has 0 amide bonds. The molecule has 2 N–H and O–H groups in total. The van der Waals surface area contributed by atoms with E-state index in [1.807, 2.05) is 18.2 Å². The third-order valence-electron chi connectivity index (χ3n) is 2.94. The van der Waals surface area contributed by atoms with Crippen LogP contribution in [0.25, 0.3) is 0 Å². The van der Waals surface area contributed by atoms with Crippen molar-refractivity contribution >= 4 is 5.69 Å². The van der Waals surface area contributed by atoms with E-state index < -0.39 is 0 Å². The molecule has 1 aliphatic rings. The molecule has 1 aromatic rings. The van der Waals surface area contributed by atoms with Gasteiger partial charge in [-0.2, -0.15) is 0 Å². The van der Waals surface area contributed by atoms with E-state index in [0.29, 0.717) is 23.8 Å². The topological polar surface area (TPSA) is 53.7 Å². The quantitative estimate of drug-likeness (QED) is 0.816. The number of hydrogen-bond acceptors (Lipinski definition) is 4. The lowest BCUT2D eigenvalue weighted by Crippen LogP contribution is -2.26. The summed E-state index contributed by atoms with van der Waals surface area (Å²) in [4.78, 5) is 0. The molecule has 1 unspecified atom stereocenters. The van der Waals surface area contributed by atoms with E-state index in [4.69, 9.17) is 19.9 Å². The summed E-state index contributed by atoms with van der Waals surface area (Å²) in [6, 6.07) is 5.53. The first kappa shape index (κ1) is 12.0. The zero-order valence-electron chi connectivity index (χ0n) is 10.1. The molecule has 1 fully saturated rings. The number of hydrogen-bond donors (Lipinski definition) is 1. The van der Waals surface area contributed by atoms with Crippen molar-refractivity contribution in [3.05, 3.63) is 18.2 Å². The van der Waals surface area contributed by atoms with Crippen molar-refractivity contribution in [3.8, 4) is 11.5 Å². The largest absolute Gasteiger partial charge is 0.494 e. The molecule has 0 aliphatic carbocycles. The molecule has 0 spiro atoms. The fraction of sp³-hybridized carbons (Fsp3) is 0.538. The summed E-state index contributed by atoms with van der Waals surface area (Å²) in [5, 5.41) is 0. The molecule has 0 aromatic heterocycles. The first-order valence-electron chi connectivity index (χ1n) is 5.98. The van der Waals surface area contributed by atoms with Crippen LogP contribution >= 0.6 is 0 Å². The molecular formula is C13H19NO3. The SMILES string of the molecule is COc1cccc(OCC2CCCCO2)c1N. The van der Waals surface area contributed by atoms with Gasteiger partial charge in [0.05, 0.1) is 13.2 Å². The zero-order valence-corrected chi connectivity index (χ0v) is 10.1. The number of anilines is 1. The van der Waals surface area contributed by atoms with Gasteiger partial charge in [0.2, 0.25) is 0 Å². The van der Waals surface area contributed by atoms with E-state index in [9.17, 15) is 0 Å². The first-order chi connectivity index (χ1) is 8.31. The second-order valence-electron chi connectivity index (χ2n) is 4.17. The molecule has 17 heavy (non-hydrogen) atoms. The summed E-state index contributed by atoms with van der Waals surface area (Å²) in [5.74, 6) is 1.31. The summed E-state index contributed by atoms with van der Waals surface area (Å²) >= 11 is 0. The second-order valence-corrected chi connectivity index (χ2v) is 4.17. The molecular weight excluding hydrogens is 218 g/mol. The van der Waals surface area contributed by atoms with Crippen LogP contribution in [0.1, 0.15) is 19.3 Å². The predicted molar refractivity (Wildman–Crippen MR) is 66.5 cm³/mol. The number of nitrogens with two attached hydrogens (primary N) is 1. The van der Waals surface area contributed by atoms with Crippen LogP contribution < -0.4 is 15.2 Å². The van der Waals surface area contributed by atoms with Crippen LogP contribution in [0.15, 0.2) is 18.2 Å². The highest BCUT2D eigenvalue weighted by Crippen LogP contribution is 2.31. The van der Waals surface area contributed by atoms with Gasteiger partial charge in [-0.15, -0.1) is 0 Å². The predicted octanol–water partition coefficient (Wildman–Crippen LogP) is 2.23. The summed E-state index contributed by atoms with van der Waals surface area (Å²) < 4.78 is 16.4. The molecule has 1 saturated heterocycles. The third kappa shape index (κ3) is 3.03. The van der Waals surface area contributed by atoms with Crippen molar-refractivity contribution in [1.29, 1.82) is 0 Å². The van der Waals surface area contributed by atoms with Crippen LogP contribution in [-0.2, 0) is 4.74 Å². The van der Waals surface area contributed by atoms with Gasteiger partial charge in [-0.05, 0) is 31.4 Å². The van der Waals surface area contributed by atoms with Gasteiger partial charge in [0.15, 0.2) is 0 Å². The molecule has 4 nitrogen and oxygen atoms in total. The lowest BCUT2D eigenvalue weighted by molar-refractivity contribution is -0.0109. The van der Waals surface area contributed by atoms with E-state index in [1.165, 1.54) is 6.42 Å². The molecule has 94 valence electrons. The Bertz CT molecular complexity index is 362. The van der Waals surface area contributed by atoms with Gasteiger partial charge in [-0.25, -0.2) is 0 Å². The van der Waals surface area contributed by atoms with E-state index in [2.05, 4.69) is 0 Å². The minimum atomic E-state index is 0.189. The number of para-hydroxylation sites is 1. The standard InChI is InChI=1S/C13H19NO3/c1-15-11-6-4-7-12(13(11)14)17-9-10-5-2-3-8-16-10/h4,6-7,10H,2-3,5,8-9,14H2,1H3. The van der Waals surface area contributed by atoms with E-state index in [-0.39, 0.29) is 6.10 Å². The van der Waals surface area contributed by atoms with Gasteiger partial charge in [0.25, 0.3) is 0 Å². The lowest BCUT2D eigenvalue weighted by atomic mass is 10.1. The number of nitrogen functional groups attached to an aromatic ring is 1. The van der Waals surface area contributed by atoms with Crippen molar-refractivity contribution in [3.63, 3.8) is 0 Å². The van der Waals surface area contributed by atoms with Crippen molar-refractivity contribution < 1.29 is 14.2 Å². The van der Waals surface area contributed by atoms with Crippen LogP contribution in [0.5, 0.6) is 11.5 Å². The van der Waals surface area contributed by atoms with Crippen molar-refractivity contribution in [1.82, 2.24) is 0 Å². The molecule has 1 heterocycles. The molecule has 0 saturated carbocycles. The zero-order chi connectivity index (χ0) is 12.1. The van der Waals surface area contributed by atoms with Crippen LogP contribution in [0.2, 0.25) is 0 Å². The summed E-state index contributed by atoms with van der Waals surface area (Å²) in [6.45, 7) is 1.39. The second kappa shape index (κ2) is 5.77. The van der Waals surface area contributed by atoms with Gasteiger partial charge >= 0.3 is 0 Å². The van der Waals surface area contributed by atoms with Gasteiger partial charge in [-0.3, -0.25) is 0 Å². The minimum absolute atomic E-state index is 0.189. The Hall–Kier alpha value is -1.42. The van der Waals surface area contributed by atoms with E-state index in [1.54, 1.807) is 7.11 Å². The Balaban J connectivity index is 1.93. The Morgan fingerprint density at radius 1 is 1.35 bits per heavy atom. The Morgan fingerprint density at radius 2 is 2.18 bits per heavy atom. The molecule has 0 radical (unpaired) electrons.